The molecule has 2 rings (SSSR count). The Balaban J connectivity index is 2.36. The predicted molar refractivity (Wildman–Crippen MR) is 90.3 cm³/mol. The molecule has 0 atom stereocenters. The summed E-state index contributed by atoms with van der Waals surface area (Å²) in [5, 5.41) is 0.671. The molecule has 0 saturated heterocycles. The van der Waals surface area contributed by atoms with Crippen molar-refractivity contribution in [1.29, 1.82) is 0 Å². The van der Waals surface area contributed by atoms with E-state index in [0.717, 1.165) is 0 Å². The number of fused-ring (bicyclic) bond motifs is 1. The number of carbonyl (C=O) groups is 2. The lowest BCUT2D eigenvalue weighted by Gasteiger charge is -2.18. The number of aryl methyl sites for hydroxylation is 1. The quantitative estimate of drug-likeness (QED) is 0.804. The SMILES string of the molecule is Cc1c(C(=O)OC(C)(C)C)oc2cccc(OCC(=O)N(C)C)c12. The molecular formula is C18H23NO5. The molecule has 2 aromatic rings. The molecule has 0 aliphatic rings. The van der Waals surface area contributed by atoms with Crippen molar-refractivity contribution >= 4 is 22.8 Å². The zero-order valence-corrected chi connectivity index (χ0v) is 14.9. The maximum absolute atomic E-state index is 12.3. The molecule has 6 heteroatoms. The second-order valence-electron chi connectivity index (χ2n) is 6.76. The van der Waals surface area contributed by atoms with Crippen molar-refractivity contribution in [3.8, 4) is 5.75 Å². The molecule has 0 saturated carbocycles. The van der Waals surface area contributed by atoms with Gasteiger partial charge in [-0.2, -0.15) is 0 Å². The first-order valence-corrected chi connectivity index (χ1v) is 7.68. The van der Waals surface area contributed by atoms with Crippen molar-refractivity contribution < 1.29 is 23.5 Å². The third-order valence-electron chi connectivity index (χ3n) is 3.35. The average Bonchev–Trinajstić information content (AvgIpc) is 2.81. The van der Waals surface area contributed by atoms with Crippen molar-refractivity contribution in [1.82, 2.24) is 4.90 Å². The molecule has 0 bridgehead atoms. The summed E-state index contributed by atoms with van der Waals surface area (Å²) in [7, 11) is 3.33. The first-order valence-electron chi connectivity index (χ1n) is 7.68. The summed E-state index contributed by atoms with van der Waals surface area (Å²) in [6, 6.07) is 5.24. The number of amides is 1. The van der Waals surface area contributed by atoms with Crippen LogP contribution in [-0.2, 0) is 9.53 Å². The Bertz CT molecular complexity index is 768. The van der Waals surface area contributed by atoms with Crippen LogP contribution < -0.4 is 4.74 Å². The summed E-state index contributed by atoms with van der Waals surface area (Å²) < 4.78 is 16.6. The van der Waals surface area contributed by atoms with E-state index >= 15 is 0 Å². The maximum atomic E-state index is 12.3. The van der Waals surface area contributed by atoms with Gasteiger partial charge in [0.15, 0.2) is 6.61 Å². The largest absolute Gasteiger partial charge is 0.483 e. The third kappa shape index (κ3) is 3.88. The molecule has 0 spiro atoms. The molecule has 1 aromatic heterocycles. The highest BCUT2D eigenvalue weighted by molar-refractivity contribution is 5.98. The maximum Gasteiger partial charge on any atom is 0.375 e. The molecule has 0 N–H and O–H groups in total. The second-order valence-corrected chi connectivity index (χ2v) is 6.76. The molecule has 0 unspecified atom stereocenters. The van der Waals surface area contributed by atoms with Crippen molar-refractivity contribution in [2.75, 3.05) is 20.7 Å². The first kappa shape index (κ1) is 17.8. The molecule has 0 radical (unpaired) electrons. The van der Waals surface area contributed by atoms with Gasteiger partial charge in [-0.15, -0.1) is 0 Å². The van der Waals surface area contributed by atoms with Crippen LogP contribution in [0.25, 0.3) is 11.0 Å². The highest BCUT2D eigenvalue weighted by atomic mass is 16.6. The predicted octanol–water partition coefficient (Wildman–Crippen LogP) is 3.16. The van der Waals surface area contributed by atoms with Crippen molar-refractivity contribution in [3.05, 3.63) is 29.5 Å². The number of benzene rings is 1. The van der Waals surface area contributed by atoms with E-state index < -0.39 is 11.6 Å². The average molecular weight is 333 g/mol. The van der Waals surface area contributed by atoms with Crippen LogP contribution in [0, 0.1) is 6.92 Å². The highest BCUT2D eigenvalue weighted by Gasteiger charge is 2.25. The van der Waals surface area contributed by atoms with E-state index in [1.54, 1.807) is 60.0 Å². The Labute approximate surface area is 141 Å². The second kappa shape index (κ2) is 6.55. The summed E-state index contributed by atoms with van der Waals surface area (Å²) in [4.78, 5) is 25.5. The van der Waals surface area contributed by atoms with Crippen LogP contribution in [0.2, 0.25) is 0 Å². The fourth-order valence-corrected chi connectivity index (χ4v) is 2.17. The Morgan fingerprint density at radius 2 is 1.88 bits per heavy atom. The molecule has 1 amide bonds. The Hall–Kier alpha value is -2.50. The van der Waals surface area contributed by atoms with Gasteiger partial charge in [0.1, 0.15) is 16.9 Å². The number of hydrogen-bond donors (Lipinski definition) is 0. The fourth-order valence-electron chi connectivity index (χ4n) is 2.17. The zero-order chi connectivity index (χ0) is 18.1. The van der Waals surface area contributed by atoms with Gasteiger partial charge in [0.25, 0.3) is 5.91 Å². The van der Waals surface area contributed by atoms with E-state index in [-0.39, 0.29) is 18.3 Å². The molecule has 1 heterocycles. The third-order valence-corrected chi connectivity index (χ3v) is 3.35. The van der Waals surface area contributed by atoms with Crippen LogP contribution in [0.4, 0.5) is 0 Å². The smallest absolute Gasteiger partial charge is 0.375 e. The summed E-state index contributed by atoms with van der Waals surface area (Å²) in [5.41, 5.74) is 0.537. The number of furan rings is 1. The fraction of sp³-hybridized carbons (Fsp3) is 0.444. The number of ether oxygens (including phenoxy) is 2. The van der Waals surface area contributed by atoms with E-state index in [1.807, 2.05) is 0 Å². The van der Waals surface area contributed by atoms with Crippen molar-refractivity contribution in [3.63, 3.8) is 0 Å². The molecule has 6 nitrogen and oxygen atoms in total. The lowest BCUT2D eigenvalue weighted by atomic mass is 10.1. The normalized spacial score (nSPS) is 11.4. The lowest BCUT2D eigenvalue weighted by Crippen LogP contribution is -2.27. The van der Waals surface area contributed by atoms with E-state index in [0.29, 0.717) is 22.3 Å². The monoisotopic (exact) mass is 333 g/mol. The van der Waals surface area contributed by atoms with Gasteiger partial charge in [-0.25, -0.2) is 4.79 Å². The van der Waals surface area contributed by atoms with Crippen LogP contribution in [0.1, 0.15) is 36.9 Å². The van der Waals surface area contributed by atoms with E-state index in [2.05, 4.69) is 0 Å². The van der Waals surface area contributed by atoms with Crippen LogP contribution >= 0.6 is 0 Å². The lowest BCUT2D eigenvalue weighted by molar-refractivity contribution is -0.130. The first-order chi connectivity index (χ1) is 11.1. The summed E-state index contributed by atoms with van der Waals surface area (Å²) in [6.07, 6.45) is 0. The minimum atomic E-state index is -0.611. The number of hydrogen-bond acceptors (Lipinski definition) is 5. The number of rotatable bonds is 4. The van der Waals surface area contributed by atoms with Gasteiger partial charge in [-0.3, -0.25) is 4.79 Å². The number of carbonyl (C=O) groups excluding carboxylic acids is 2. The zero-order valence-electron chi connectivity index (χ0n) is 14.9. The van der Waals surface area contributed by atoms with E-state index in [9.17, 15) is 9.59 Å². The van der Waals surface area contributed by atoms with E-state index in [1.165, 1.54) is 4.90 Å². The Kier molecular flexibility index (Phi) is 4.87. The molecule has 0 aliphatic heterocycles. The molecular weight excluding hydrogens is 310 g/mol. The van der Waals surface area contributed by atoms with Crippen LogP contribution in [0.3, 0.4) is 0 Å². The van der Waals surface area contributed by atoms with Crippen LogP contribution in [0.5, 0.6) is 5.75 Å². The van der Waals surface area contributed by atoms with Gasteiger partial charge < -0.3 is 18.8 Å². The number of likely N-dealkylation sites (N-methyl/N-ethyl adjacent to an activating group) is 1. The minimum absolute atomic E-state index is 0.0848. The minimum Gasteiger partial charge on any atom is -0.483 e. The molecule has 130 valence electrons. The Morgan fingerprint density at radius 3 is 2.46 bits per heavy atom. The Morgan fingerprint density at radius 1 is 1.21 bits per heavy atom. The van der Waals surface area contributed by atoms with Gasteiger partial charge in [0, 0.05) is 19.7 Å². The highest BCUT2D eigenvalue weighted by Crippen LogP contribution is 2.34. The van der Waals surface area contributed by atoms with Crippen LogP contribution in [-0.4, -0.2) is 43.1 Å². The van der Waals surface area contributed by atoms with Gasteiger partial charge in [0.2, 0.25) is 5.76 Å². The molecule has 0 aliphatic carbocycles. The topological polar surface area (TPSA) is 69.0 Å². The van der Waals surface area contributed by atoms with Gasteiger partial charge >= 0.3 is 5.97 Å². The van der Waals surface area contributed by atoms with Crippen LogP contribution in [0.15, 0.2) is 22.6 Å². The molecule has 0 fully saturated rings. The number of esters is 1. The molecule has 24 heavy (non-hydrogen) atoms. The standard InChI is InChI=1S/C18H23NO5/c1-11-15-12(22-10-14(20)19(5)6)8-7-9-13(15)23-16(11)17(21)24-18(2,3)4/h7-9H,10H2,1-6H3. The van der Waals surface area contributed by atoms with Crippen molar-refractivity contribution in [2.45, 2.75) is 33.3 Å². The van der Waals surface area contributed by atoms with Gasteiger partial charge in [-0.05, 0) is 39.8 Å². The summed E-state index contributed by atoms with van der Waals surface area (Å²) in [5.74, 6) is -0.0271. The molecule has 1 aromatic carbocycles. The van der Waals surface area contributed by atoms with Crippen molar-refractivity contribution in [2.24, 2.45) is 0 Å². The van der Waals surface area contributed by atoms with Gasteiger partial charge in [0.05, 0.1) is 5.39 Å². The summed E-state index contributed by atoms with van der Waals surface area (Å²) >= 11 is 0. The van der Waals surface area contributed by atoms with E-state index in [4.69, 9.17) is 13.9 Å². The summed E-state index contributed by atoms with van der Waals surface area (Å²) in [6.45, 7) is 7.07. The number of nitrogens with zero attached hydrogens (tertiary/aromatic N) is 1. The van der Waals surface area contributed by atoms with Gasteiger partial charge in [-0.1, -0.05) is 6.07 Å².